The topological polar surface area (TPSA) is 32.8 Å². The Labute approximate surface area is 196 Å². The molecule has 7 heteroatoms. The maximum atomic E-state index is 12.9. The highest BCUT2D eigenvalue weighted by Gasteiger charge is 2.32. The average molecular weight is 476 g/mol. The highest BCUT2D eigenvalue weighted by atomic mass is 35.5. The number of carbonyl (C=O) groups is 1. The van der Waals surface area contributed by atoms with Crippen LogP contribution in [0.4, 0.5) is 5.69 Å². The first-order valence-corrected chi connectivity index (χ1v) is 11.1. The highest BCUT2D eigenvalue weighted by molar-refractivity contribution is 6.36. The first-order valence-electron chi connectivity index (χ1n) is 9.94. The van der Waals surface area contributed by atoms with Gasteiger partial charge in [-0.05, 0) is 48.0 Å². The molecular formula is C24H21Cl3N2O2. The van der Waals surface area contributed by atoms with Crippen LogP contribution in [-0.2, 0) is 4.79 Å². The second kappa shape index (κ2) is 9.82. The first-order chi connectivity index (χ1) is 15.0. The van der Waals surface area contributed by atoms with Gasteiger partial charge in [0.2, 0.25) is 0 Å². The zero-order valence-electron chi connectivity index (χ0n) is 16.7. The number of hydrogen-bond donors (Lipinski definition) is 0. The molecule has 1 heterocycles. The molecule has 31 heavy (non-hydrogen) atoms. The van der Waals surface area contributed by atoms with Gasteiger partial charge < -0.3 is 14.5 Å². The molecule has 4 rings (SSSR count). The molecular weight excluding hydrogens is 455 g/mol. The molecule has 0 bridgehead atoms. The molecule has 1 aliphatic heterocycles. The van der Waals surface area contributed by atoms with Crippen LogP contribution in [0.25, 0.3) is 0 Å². The number of nitrogens with zero attached hydrogens (tertiary/aromatic N) is 2. The van der Waals surface area contributed by atoms with Crippen molar-refractivity contribution in [2.75, 3.05) is 31.1 Å². The number of para-hydroxylation sites is 1. The fraction of sp³-hybridized carbons (Fsp3) is 0.208. The summed E-state index contributed by atoms with van der Waals surface area (Å²) in [5, 5.41) is 1.84. The second-order valence-corrected chi connectivity index (χ2v) is 8.58. The van der Waals surface area contributed by atoms with Gasteiger partial charge >= 0.3 is 0 Å². The summed E-state index contributed by atoms with van der Waals surface area (Å²) in [7, 11) is 0. The summed E-state index contributed by atoms with van der Waals surface area (Å²) in [5.74, 6) is 0.626. The molecule has 0 saturated carbocycles. The van der Waals surface area contributed by atoms with Crippen molar-refractivity contribution < 1.29 is 9.53 Å². The Bertz CT molecular complexity index is 1040. The van der Waals surface area contributed by atoms with E-state index >= 15 is 0 Å². The lowest BCUT2D eigenvalue weighted by Crippen LogP contribution is -2.51. The standard InChI is InChI=1S/C24H21Cl3N2O2/c25-18-8-6-17(7-9-18)23-15-28(24(30)16-31-20-4-2-1-3-5-20)12-13-29(23)22-11-10-19(26)14-21(22)27/h1-11,14,23H,12-13,15-16H2. The van der Waals surface area contributed by atoms with E-state index in [2.05, 4.69) is 4.90 Å². The average Bonchev–Trinajstić information content (AvgIpc) is 2.78. The Kier molecular flexibility index (Phi) is 6.91. The van der Waals surface area contributed by atoms with Gasteiger partial charge in [-0.15, -0.1) is 0 Å². The van der Waals surface area contributed by atoms with E-state index in [0.717, 1.165) is 11.3 Å². The van der Waals surface area contributed by atoms with Crippen molar-refractivity contribution in [2.45, 2.75) is 6.04 Å². The molecule has 3 aromatic rings. The summed E-state index contributed by atoms with van der Waals surface area (Å²) in [6.45, 7) is 1.71. The lowest BCUT2D eigenvalue weighted by Gasteiger charge is -2.43. The zero-order chi connectivity index (χ0) is 21.8. The lowest BCUT2D eigenvalue weighted by atomic mass is 10.0. The Hall–Kier alpha value is -2.40. The van der Waals surface area contributed by atoms with E-state index in [0.29, 0.717) is 40.5 Å². The maximum Gasteiger partial charge on any atom is 0.260 e. The van der Waals surface area contributed by atoms with E-state index in [4.69, 9.17) is 39.5 Å². The zero-order valence-corrected chi connectivity index (χ0v) is 18.9. The molecule has 1 aliphatic rings. The van der Waals surface area contributed by atoms with Crippen molar-refractivity contribution in [3.8, 4) is 5.75 Å². The molecule has 1 atom stereocenters. The van der Waals surface area contributed by atoms with Gasteiger partial charge in [-0.25, -0.2) is 0 Å². The van der Waals surface area contributed by atoms with E-state index in [1.807, 2.05) is 71.6 Å². The van der Waals surface area contributed by atoms with Crippen LogP contribution in [0.15, 0.2) is 72.8 Å². The van der Waals surface area contributed by atoms with Crippen LogP contribution in [-0.4, -0.2) is 37.0 Å². The number of benzene rings is 3. The molecule has 0 spiro atoms. The maximum absolute atomic E-state index is 12.9. The molecule has 0 N–H and O–H groups in total. The van der Waals surface area contributed by atoms with E-state index in [1.54, 1.807) is 6.07 Å². The van der Waals surface area contributed by atoms with Crippen LogP contribution in [0.3, 0.4) is 0 Å². The fourth-order valence-electron chi connectivity index (χ4n) is 3.74. The van der Waals surface area contributed by atoms with Gasteiger partial charge in [0.15, 0.2) is 6.61 Å². The van der Waals surface area contributed by atoms with Crippen molar-refractivity contribution in [1.29, 1.82) is 0 Å². The normalized spacial score (nSPS) is 16.3. The van der Waals surface area contributed by atoms with Gasteiger partial charge in [-0.2, -0.15) is 0 Å². The summed E-state index contributed by atoms with van der Waals surface area (Å²) < 4.78 is 5.66. The van der Waals surface area contributed by atoms with Gasteiger partial charge in [0.05, 0.1) is 16.8 Å². The third kappa shape index (κ3) is 5.27. The van der Waals surface area contributed by atoms with Gasteiger partial charge in [0, 0.05) is 29.7 Å². The fourth-order valence-corrected chi connectivity index (χ4v) is 4.38. The predicted octanol–water partition coefficient (Wildman–Crippen LogP) is 6.12. The smallest absolute Gasteiger partial charge is 0.260 e. The van der Waals surface area contributed by atoms with Gasteiger partial charge in [-0.1, -0.05) is 65.1 Å². The van der Waals surface area contributed by atoms with Gasteiger partial charge in [-0.3, -0.25) is 4.79 Å². The van der Waals surface area contributed by atoms with Crippen molar-refractivity contribution in [2.24, 2.45) is 0 Å². The first kappa shape index (κ1) is 21.8. The van der Waals surface area contributed by atoms with Crippen molar-refractivity contribution >= 4 is 46.4 Å². The summed E-state index contributed by atoms with van der Waals surface area (Å²) in [5.41, 5.74) is 1.94. The SMILES string of the molecule is O=C(COc1ccccc1)N1CCN(c2ccc(Cl)cc2Cl)C(c2ccc(Cl)cc2)C1. The largest absolute Gasteiger partial charge is 0.484 e. The monoisotopic (exact) mass is 474 g/mol. The Morgan fingerprint density at radius 2 is 1.61 bits per heavy atom. The third-order valence-electron chi connectivity index (χ3n) is 5.31. The minimum atomic E-state index is -0.0784. The Balaban J connectivity index is 1.55. The lowest BCUT2D eigenvalue weighted by molar-refractivity contribution is -0.134. The van der Waals surface area contributed by atoms with E-state index in [-0.39, 0.29) is 18.6 Å². The van der Waals surface area contributed by atoms with E-state index in [9.17, 15) is 4.79 Å². The molecule has 1 fully saturated rings. The van der Waals surface area contributed by atoms with Crippen molar-refractivity contribution in [3.05, 3.63) is 93.4 Å². The van der Waals surface area contributed by atoms with Crippen LogP contribution in [0.2, 0.25) is 15.1 Å². The molecule has 0 aliphatic carbocycles. The van der Waals surface area contributed by atoms with Crippen molar-refractivity contribution in [3.63, 3.8) is 0 Å². The number of rotatable bonds is 5. The summed E-state index contributed by atoms with van der Waals surface area (Å²) in [4.78, 5) is 16.9. The van der Waals surface area contributed by atoms with Crippen LogP contribution >= 0.6 is 34.8 Å². The molecule has 3 aromatic carbocycles. The molecule has 1 saturated heterocycles. The molecule has 4 nitrogen and oxygen atoms in total. The molecule has 0 radical (unpaired) electrons. The van der Waals surface area contributed by atoms with Crippen LogP contribution in [0, 0.1) is 0 Å². The van der Waals surface area contributed by atoms with E-state index < -0.39 is 0 Å². The van der Waals surface area contributed by atoms with Gasteiger partial charge in [0.25, 0.3) is 5.91 Å². The van der Waals surface area contributed by atoms with Crippen molar-refractivity contribution in [1.82, 2.24) is 4.90 Å². The van der Waals surface area contributed by atoms with Crippen LogP contribution < -0.4 is 9.64 Å². The Morgan fingerprint density at radius 1 is 0.903 bits per heavy atom. The molecule has 1 unspecified atom stereocenters. The number of hydrogen-bond acceptors (Lipinski definition) is 3. The summed E-state index contributed by atoms with van der Waals surface area (Å²) in [6, 6.07) is 22.4. The van der Waals surface area contributed by atoms with Crippen LogP contribution in [0.5, 0.6) is 5.75 Å². The predicted molar refractivity (Wildman–Crippen MR) is 127 cm³/mol. The molecule has 0 aromatic heterocycles. The molecule has 160 valence electrons. The number of anilines is 1. The van der Waals surface area contributed by atoms with Crippen LogP contribution in [0.1, 0.15) is 11.6 Å². The number of carbonyl (C=O) groups excluding carboxylic acids is 1. The Morgan fingerprint density at radius 3 is 2.32 bits per heavy atom. The summed E-state index contributed by atoms with van der Waals surface area (Å²) in [6.07, 6.45) is 0. The number of piperazine rings is 1. The van der Waals surface area contributed by atoms with Gasteiger partial charge in [0.1, 0.15) is 5.75 Å². The molecule has 1 amide bonds. The summed E-state index contributed by atoms with van der Waals surface area (Å²) >= 11 is 18.7. The third-order valence-corrected chi connectivity index (χ3v) is 6.10. The second-order valence-electron chi connectivity index (χ2n) is 7.30. The number of ether oxygens (including phenoxy) is 1. The number of halogens is 3. The minimum absolute atomic E-state index is 0.000940. The quantitative estimate of drug-likeness (QED) is 0.446. The van der Waals surface area contributed by atoms with E-state index in [1.165, 1.54) is 0 Å². The highest BCUT2D eigenvalue weighted by Crippen LogP contribution is 2.36. The minimum Gasteiger partial charge on any atom is -0.484 e. The number of amides is 1.